The molecular weight excluding hydrogens is 154 g/mol. The molecule has 1 atom stereocenters. The third kappa shape index (κ3) is 2.34. The number of Topliss-reactive ketones (excluding diaryl/α,β-unsaturated/α-hetero) is 1. The third-order valence-electron chi connectivity index (χ3n) is 1.79. The highest BCUT2D eigenvalue weighted by atomic mass is 16.2. The molecule has 1 unspecified atom stereocenters. The Morgan fingerprint density at radius 2 is 2.17 bits per heavy atom. The van der Waals surface area contributed by atoms with Gasteiger partial charge in [0.2, 0.25) is 5.78 Å². The zero-order chi connectivity index (χ0) is 8.97. The van der Waals surface area contributed by atoms with Crippen molar-refractivity contribution in [1.82, 2.24) is 0 Å². The molecule has 0 aromatic rings. The molecule has 0 heterocycles. The van der Waals surface area contributed by atoms with Gasteiger partial charge in [0.15, 0.2) is 0 Å². The maximum Gasteiger partial charge on any atom is 0.284 e. The van der Waals surface area contributed by atoms with Crippen LogP contribution in [0.4, 0.5) is 0 Å². The standard InChI is InChI=1S/C9H11NO2/c10-9(12)8(11)6-7-4-2-1-3-5-7/h1-4,7H,5-6H2,(H2,10,12). The van der Waals surface area contributed by atoms with Gasteiger partial charge in [-0.1, -0.05) is 24.3 Å². The van der Waals surface area contributed by atoms with Gasteiger partial charge in [-0.3, -0.25) is 9.59 Å². The summed E-state index contributed by atoms with van der Waals surface area (Å²) in [5.74, 6) is -1.17. The van der Waals surface area contributed by atoms with E-state index in [0.29, 0.717) is 0 Å². The second kappa shape index (κ2) is 3.85. The van der Waals surface area contributed by atoms with Crippen LogP contribution in [0.5, 0.6) is 0 Å². The summed E-state index contributed by atoms with van der Waals surface area (Å²) in [7, 11) is 0. The van der Waals surface area contributed by atoms with Crippen molar-refractivity contribution >= 4 is 11.7 Å². The van der Waals surface area contributed by atoms with Crippen LogP contribution in [0.15, 0.2) is 24.3 Å². The summed E-state index contributed by atoms with van der Waals surface area (Å²) >= 11 is 0. The maximum atomic E-state index is 10.9. The number of nitrogens with two attached hydrogens (primary N) is 1. The number of carbonyl (C=O) groups excluding carboxylic acids is 2. The Bertz CT molecular complexity index is 253. The Labute approximate surface area is 70.9 Å². The van der Waals surface area contributed by atoms with E-state index in [0.717, 1.165) is 6.42 Å². The van der Waals surface area contributed by atoms with Crippen molar-refractivity contribution in [1.29, 1.82) is 0 Å². The normalized spacial score (nSPS) is 20.8. The molecule has 12 heavy (non-hydrogen) atoms. The summed E-state index contributed by atoms with van der Waals surface area (Å²) < 4.78 is 0. The first-order valence-corrected chi connectivity index (χ1v) is 3.86. The first-order valence-electron chi connectivity index (χ1n) is 3.86. The molecule has 1 rings (SSSR count). The molecule has 1 aliphatic carbocycles. The lowest BCUT2D eigenvalue weighted by Gasteiger charge is -2.09. The summed E-state index contributed by atoms with van der Waals surface area (Å²) in [6.45, 7) is 0. The lowest BCUT2D eigenvalue weighted by Crippen LogP contribution is -2.24. The Balaban J connectivity index is 2.42. The number of hydrogen-bond donors (Lipinski definition) is 1. The predicted molar refractivity (Wildman–Crippen MR) is 45.2 cm³/mol. The second-order valence-electron chi connectivity index (χ2n) is 2.80. The van der Waals surface area contributed by atoms with Gasteiger partial charge in [0.05, 0.1) is 0 Å². The summed E-state index contributed by atoms with van der Waals surface area (Å²) in [6.07, 6.45) is 8.74. The number of allylic oxidation sites excluding steroid dienone is 4. The molecule has 0 saturated heterocycles. The molecule has 3 heteroatoms. The number of primary amides is 1. The minimum absolute atomic E-state index is 0.148. The smallest absolute Gasteiger partial charge is 0.284 e. The van der Waals surface area contributed by atoms with Gasteiger partial charge in [-0.2, -0.15) is 0 Å². The largest absolute Gasteiger partial charge is 0.363 e. The van der Waals surface area contributed by atoms with E-state index in [1.165, 1.54) is 0 Å². The molecular formula is C9H11NO2. The molecule has 1 amide bonds. The van der Waals surface area contributed by atoms with E-state index in [1.807, 2.05) is 24.3 Å². The molecule has 2 N–H and O–H groups in total. The molecule has 0 spiro atoms. The molecule has 0 aromatic heterocycles. The quantitative estimate of drug-likeness (QED) is 0.621. The first kappa shape index (κ1) is 8.71. The van der Waals surface area contributed by atoms with Crippen LogP contribution in [-0.4, -0.2) is 11.7 Å². The van der Waals surface area contributed by atoms with Crippen LogP contribution in [0.25, 0.3) is 0 Å². The first-order chi connectivity index (χ1) is 5.70. The summed E-state index contributed by atoms with van der Waals surface area (Å²) in [5, 5.41) is 0. The third-order valence-corrected chi connectivity index (χ3v) is 1.79. The van der Waals surface area contributed by atoms with Crippen molar-refractivity contribution in [3.8, 4) is 0 Å². The van der Waals surface area contributed by atoms with Gasteiger partial charge in [0, 0.05) is 6.42 Å². The summed E-state index contributed by atoms with van der Waals surface area (Å²) in [6, 6.07) is 0. The van der Waals surface area contributed by atoms with E-state index in [2.05, 4.69) is 0 Å². The van der Waals surface area contributed by atoms with E-state index in [4.69, 9.17) is 5.73 Å². The molecule has 0 fully saturated rings. The Kier molecular flexibility index (Phi) is 2.80. The zero-order valence-corrected chi connectivity index (χ0v) is 6.69. The van der Waals surface area contributed by atoms with Crippen LogP contribution in [0, 0.1) is 5.92 Å². The number of hydrogen-bond acceptors (Lipinski definition) is 2. The van der Waals surface area contributed by atoms with Crippen molar-refractivity contribution in [2.45, 2.75) is 12.8 Å². The van der Waals surface area contributed by atoms with Crippen LogP contribution >= 0.6 is 0 Å². The fraction of sp³-hybridized carbons (Fsp3) is 0.333. The molecule has 0 saturated carbocycles. The average molecular weight is 165 g/mol. The van der Waals surface area contributed by atoms with Crippen LogP contribution in [-0.2, 0) is 9.59 Å². The SMILES string of the molecule is NC(=O)C(=O)CC1C=CC=CC1. The van der Waals surface area contributed by atoms with Crippen LogP contribution < -0.4 is 5.73 Å². The van der Waals surface area contributed by atoms with Gasteiger partial charge in [0.25, 0.3) is 5.91 Å². The monoisotopic (exact) mass is 165 g/mol. The predicted octanol–water partition coefficient (Wildman–Crippen LogP) is 0.563. The summed E-state index contributed by atoms with van der Waals surface area (Å²) in [5.41, 5.74) is 4.82. The van der Waals surface area contributed by atoms with E-state index in [1.54, 1.807) is 0 Å². The van der Waals surface area contributed by atoms with E-state index >= 15 is 0 Å². The van der Waals surface area contributed by atoms with Crippen molar-refractivity contribution in [3.05, 3.63) is 24.3 Å². The molecule has 0 aromatic carbocycles. The molecule has 0 radical (unpaired) electrons. The van der Waals surface area contributed by atoms with Gasteiger partial charge in [-0.15, -0.1) is 0 Å². The van der Waals surface area contributed by atoms with Crippen molar-refractivity contribution in [2.75, 3.05) is 0 Å². The number of rotatable bonds is 3. The summed E-state index contributed by atoms with van der Waals surface area (Å²) in [4.78, 5) is 21.3. The van der Waals surface area contributed by atoms with Crippen molar-refractivity contribution in [2.24, 2.45) is 11.7 Å². The Morgan fingerprint density at radius 1 is 1.42 bits per heavy atom. The topological polar surface area (TPSA) is 60.2 Å². The highest BCUT2D eigenvalue weighted by molar-refractivity contribution is 6.35. The molecule has 0 bridgehead atoms. The van der Waals surface area contributed by atoms with E-state index < -0.39 is 11.7 Å². The lowest BCUT2D eigenvalue weighted by atomic mass is 9.95. The zero-order valence-electron chi connectivity index (χ0n) is 6.69. The van der Waals surface area contributed by atoms with E-state index in [-0.39, 0.29) is 12.3 Å². The van der Waals surface area contributed by atoms with Gasteiger partial charge in [0.1, 0.15) is 0 Å². The molecule has 64 valence electrons. The van der Waals surface area contributed by atoms with E-state index in [9.17, 15) is 9.59 Å². The number of amides is 1. The number of ketones is 1. The average Bonchev–Trinajstić information content (AvgIpc) is 2.06. The Hall–Kier alpha value is -1.38. The van der Waals surface area contributed by atoms with Crippen LogP contribution in [0.3, 0.4) is 0 Å². The highest BCUT2D eigenvalue weighted by Gasteiger charge is 2.14. The minimum Gasteiger partial charge on any atom is -0.363 e. The minimum atomic E-state index is -0.835. The van der Waals surface area contributed by atoms with Gasteiger partial charge in [-0.25, -0.2) is 0 Å². The fourth-order valence-corrected chi connectivity index (χ4v) is 1.12. The molecule has 3 nitrogen and oxygen atoms in total. The molecule has 0 aliphatic heterocycles. The highest BCUT2D eigenvalue weighted by Crippen LogP contribution is 2.15. The van der Waals surface area contributed by atoms with Gasteiger partial charge >= 0.3 is 0 Å². The maximum absolute atomic E-state index is 10.9. The van der Waals surface area contributed by atoms with Crippen LogP contribution in [0.1, 0.15) is 12.8 Å². The lowest BCUT2D eigenvalue weighted by molar-refractivity contribution is -0.136. The number of carbonyl (C=O) groups is 2. The van der Waals surface area contributed by atoms with Gasteiger partial charge in [-0.05, 0) is 12.3 Å². The second-order valence-corrected chi connectivity index (χ2v) is 2.80. The molecule has 1 aliphatic rings. The Morgan fingerprint density at radius 3 is 2.67 bits per heavy atom. The van der Waals surface area contributed by atoms with Crippen molar-refractivity contribution in [3.63, 3.8) is 0 Å². The van der Waals surface area contributed by atoms with Gasteiger partial charge < -0.3 is 5.73 Å². The van der Waals surface area contributed by atoms with Crippen LogP contribution in [0.2, 0.25) is 0 Å². The van der Waals surface area contributed by atoms with Crippen molar-refractivity contribution < 1.29 is 9.59 Å². The fourth-order valence-electron chi connectivity index (χ4n) is 1.12.